The number of amides is 1. The Morgan fingerprint density at radius 2 is 2.08 bits per heavy atom. The lowest BCUT2D eigenvalue weighted by atomic mass is 9.78. The van der Waals surface area contributed by atoms with Crippen molar-refractivity contribution >= 4 is 18.3 Å². The van der Waals surface area contributed by atoms with Gasteiger partial charge in [-0.2, -0.15) is 0 Å². The van der Waals surface area contributed by atoms with Gasteiger partial charge in [0, 0.05) is 24.1 Å². The van der Waals surface area contributed by atoms with Crippen molar-refractivity contribution in [3.63, 3.8) is 0 Å². The summed E-state index contributed by atoms with van der Waals surface area (Å²) < 4.78 is 11.2. The van der Waals surface area contributed by atoms with Crippen molar-refractivity contribution in [3.05, 3.63) is 29.8 Å². The molecule has 5 nitrogen and oxygen atoms in total. The number of benzene rings is 1. The minimum atomic E-state index is -0.269. The van der Waals surface area contributed by atoms with Crippen LogP contribution in [0.15, 0.2) is 24.3 Å². The van der Waals surface area contributed by atoms with Gasteiger partial charge >= 0.3 is 0 Å². The van der Waals surface area contributed by atoms with Crippen molar-refractivity contribution in [2.45, 2.75) is 50.2 Å². The molecule has 0 spiro atoms. The first-order valence-electron chi connectivity index (χ1n) is 8.92. The van der Waals surface area contributed by atoms with Gasteiger partial charge in [0.15, 0.2) is 0 Å². The number of ether oxygens (including phenoxy) is 2. The van der Waals surface area contributed by atoms with Crippen LogP contribution in [0.5, 0.6) is 5.75 Å². The Labute approximate surface area is 156 Å². The van der Waals surface area contributed by atoms with Gasteiger partial charge in [0.05, 0.1) is 19.8 Å². The third-order valence-electron chi connectivity index (χ3n) is 5.44. The van der Waals surface area contributed by atoms with Crippen LogP contribution in [0.4, 0.5) is 0 Å². The van der Waals surface area contributed by atoms with E-state index >= 15 is 0 Å². The van der Waals surface area contributed by atoms with E-state index in [2.05, 4.69) is 22.8 Å². The highest BCUT2D eigenvalue weighted by atomic mass is 35.5. The first kappa shape index (κ1) is 20.0. The SMILES string of the molecule is COc1ccccc1C1(CNC(=O)[C@H]2NCCO[C@@H]2C)CCCC1.Cl. The van der Waals surface area contributed by atoms with Crippen LogP contribution < -0.4 is 15.4 Å². The van der Waals surface area contributed by atoms with Gasteiger partial charge < -0.3 is 20.1 Å². The second-order valence-electron chi connectivity index (χ2n) is 6.91. The van der Waals surface area contributed by atoms with E-state index in [9.17, 15) is 4.79 Å². The van der Waals surface area contributed by atoms with E-state index in [0.29, 0.717) is 13.2 Å². The van der Waals surface area contributed by atoms with Crippen LogP contribution in [0.3, 0.4) is 0 Å². The maximum Gasteiger partial charge on any atom is 0.239 e. The average molecular weight is 369 g/mol. The lowest BCUT2D eigenvalue weighted by Gasteiger charge is -2.34. The van der Waals surface area contributed by atoms with Gasteiger partial charge in [-0.3, -0.25) is 4.79 Å². The van der Waals surface area contributed by atoms with E-state index in [1.165, 1.54) is 18.4 Å². The Kier molecular flexibility index (Phi) is 7.11. The summed E-state index contributed by atoms with van der Waals surface area (Å²) in [6, 6.07) is 7.93. The summed E-state index contributed by atoms with van der Waals surface area (Å²) in [6.45, 7) is 3.98. The van der Waals surface area contributed by atoms with Crippen LogP contribution in [0.25, 0.3) is 0 Å². The first-order chi connectivity index (χ1) is 11.7. The van der Waals surface area contributed by atoms with Crippen molar-refractivity contribution in [1.82, 2.24) is 10.6 Å². The highest BCUT2D eigenvalue weighted by molar-refractivity contribution is 5.85. The fraction of sp³-hybridized carbons (Fsp3) is 0.632. The van der Waals surface area contributed by atoms with Crippen LogP contribution in [-0.4, -0.2) is 44.9 Å². The second-order valence-corrected chi connectivity index (χ2v) is 6.91. The molecule has 0 bridgehead atoms. The largest absolute Gasteiger partial charge is 0.496 e. The molecule has 2 atom stereocenters. The van der Waals surface area contributed by atoms with Crippen LogP contribution in [-0.2, 0) is 14.9 Å². The zero-order valence-corrected chi connectivity index (χ0v) is 15.9. The highest BCUT2D eigenvalue weighted by Crippen LogP contribution is 2.44. The maximum absolute atomic E-state index is 12.6. The minimum absolute atomic E-state index is 0. The van der Waals surface area contributed by atoms with Gasteiger partial charge in [-0.15, -0.1) is 12.4 Å². The quantitative estimate of drug-likeness (QED) is 0.838. The molecule has 3 rings (SSSR count). The number of nitrogens with one attached hydrogen (secondary N) is 2. The summed E-state index contributed by atoms with van der Waals surface area (Å²) in [5.41, 5.74) is 1.19. The van der Waals surface area contributed by atoms with Gasteiger partial charge in [0.2, 0.25) is 5.91 Å². The molecule has 1 saturated carbocycles. The van der Waals surface area contributed by atoms with Gasteiger partial charge in [-0.1, -0.05) is 31.0 Å². The standard InChI is InChI=1S/C19H28N2O3.ClH/c1-14-17(20-11-12-24-14)18(22)21-13-19(9-5-6-10-19)15-7-3-4-8-16(15)23-2;/h3-4,7-8,14,17,20H,5-6,9-13H2,1-2H3,(H,21,22);1H/t14-,17+;/m1./s1. The zero-order chi connectivity index (χ0) is 17.0. The van der Waals surface area contributed by atoms with Crippen molar-refractivity contribution < 1.29 is 14.3 Å². The van der Waals surface area contributed by atoms with E-state index in [1.54, 1.807) is 7.11 Å². The second kappa shape index (κ2) is 8.88. The van der Waals surface area contributed by atoms with Crippen LogP contribution in [0.1, 0.15) is 38.2 Å². The molecule has 1 aliphatic carbocycles. The van der Waals surface area contributed by atoms with Gasteiger partial charge in [0.1, 0.15) is 11.8 Å². The Morgan fingerprint density at radius 3 is 2.76 bits per heavy atom. The van der Waals surface area contributed by atoms with E-state index in [-0.39, 0.29) is 35.9 Å². The van der Waals surface area contributed by atoms with Crippen LogP contribution >= 0.6 is 12.4 Å². The average Bonchev–Trinajstić information content (AvgIpc) is 3.10. The third-order valence-corrected chi connectivity index (χ3v) is 5.44. The number of rotatable bonds is 5. The van der Waals surface area contributed by atoms with Crippen molar-refractivity contribution in [2.75, 3.05) is 26.8 Å². The molecule has 1 aromatic carbocycles. The van der Waals surface area contributed by atoms with Crippen molar-refractivity contribution in [2.24, 2.45) is 0 Å². The number of carbonyl (C=O) groups is 1. The monoisotopic (exact) mass is 368 g/mol. The first-order valence-corrected chi connectivity index (χ1v) is 8.92. The topological polar surface area (TPSA) is 59.6 Å². The summed E-state index contributed by atoms with van der Waals surface area (Å²) in [5.74, 6) is 0.949. The smallest absolute Gasteiger partial charge is 0.239 e. The van der Waals surface area contributed by atoms with Gasteiger partial charge in [0.25, 0.3) is 0 Å². The molecule has 2 fully saturated rings. The molecule has 25 heavy (non-hydrogen) atoms. The maximum atomic E-state index is 12.6. The molecular weight excluding hydrogens is 340 g/mol. The molecule has 1 saturated heterocycles. The molecule has 1 heterocycles. The molecule has 0 aromatic heterocycles. The molecular formula is C19H29ClN2O3. The summed E-state index contributed by atoms with van der Waals surface area (Å²) in [7, 11) is 1.71. The minimum Gasteiger partial charge on any atom is -0.496 e. The molecule has 1 aliphatic heterocycles. The van der Waals surface area contributed by atoms with E-state index in [1.807, 2.05) is 19.1 Å². The Balaban J connectivity index is 0.00000225. The van der Waals surface area contributed by atoms with Crippen molar-refractivity contribution in [1.29, 1.82) is 0 Å². The Morgan fingerprint density at radius 1 is 1.36 bits per heavy atom. The number of para-hydroxylation sites is 1. The third kappa shape index (κ3) is 4.27. The number of hydrogen-bond donors (Lipinski definition) is 2. The normalized spacial score (nSPS) is 25.0. The summed E-state index contributed by atoms with van der Waals surface area (Å²) in [6.07, 6.45) is 4.45. The molecule has 1 aromatic rings. The summed E-state index contributed by atoms with van der Waals surface area (Å²) >= 11 is 0. The summed E-state index contributed by atoms with van der Waals surface area (Å²) in [4.78, 5) is 12.6. The lowest BCUT2D eigenvalue weighted by molar-refractivity contribution is -0.129. The Bertz CT molecular complexity index is 576. The molecule has 2 N–H and O–H groups in total. The number of halogens is 1. The number of carbonyl (C=O) groups excluding carboxylic acids is 1. The fourth-order valence-corrected chi connectivity index (χ4v) is 4.07. The molecule has 1 amide bonds. The Hall–Kier alpha value is -1.30. The van der Waals surface area contributed by atoms with E-state index in [4.69, 9.17) is 9.47 Å². The fourth-order valence-electron chi connectivity index (χ4n) is 4.07. The molecule has 0 unspecified atom stereocenters. The van der Waals surface area contributed by atoms with E-state index in [0.717, 1.165) is 25.1 Å². The van der Waals surface area contributed by atoms with Gasteiger partial charge in [-0.05, 0) is 25.8 Å². The number of morpholine rings is 1. The van der Waals surface area contributed by atoms with Crippen molar-refractivity contribution in [3.8, 4) is 5.75 Å². The molecule has 140 valence electrons. The zero-order valence-electron chi connectivity index (χ0n) is 15.0. The number of hydrogen-bond acceptors (Lipinski definition) is 4. The molecule has 0 radical (unpaired) electrons. The highest BCUT2D eigenvalue weighted by Gasteiger charge is 2.39. The predicted molar refractivity (Wildman–Crippen MR) is 101 cm³/mol. The number of methoxy groups -OCH3 is 1. The van der Waals surface area contributed by atoms with E-state index < -0.39 is 0 Å². The van der Waals surface area contributed by atoms with Crippen LogP contribution in [0, 0.1) is 0 Å². The van der Waals surface area contributed by atoms with Gasteiger partial charge in [-0.25, -0.2) is 0 Å². The molecule has 2 aliphatic rings. The van der Waals surface area contributed by atoms with Crippen LogP contribution in [0.2, 0.25) is 0 Å². The molecule has 6 heteroatoms. The summed E-state index contributed by atoms with van der Waals surface area (Å²) in [5, 5.41) is 6.44. The lowest BCUT2D eigenvalue weighted by Crippen LogP contribution is -2.56. The predicted octanol–water partition coefficient (Wildman–Crippen LogP) is 2.42.